The van der Waals surface area contributed by atoms with Crippen LogP contribution in [0, 0.1) is 12.8 Å². The molecule has 2 rings (SSSR count). The van der Waals surface area contributed by atoms with Gasteiger partial charge in [-0.2, -0.15) is 0 Å². The quantitative estimate of drug-likeness (QED) is 0.823. The van der Waals surface area contributed by atoms with Gasteiger partial charge in [0.05, 0.1) is 6.26 Å². The van der Waals surface area contributed by atoms with Crippen LogP contribution in [0.2, 0.25) is 0 Å². The Hall–Kier alpha value is -1.60. The lowest BCUT2D eigenvalue weighted by molar-refractivity contribution is -0.116. The Morgan fingerprint density at radius 1 is 1.52 bits per heavy atom. The molecule has 1 fully saturated rings. The molecule has 0 aliphatic carbocycles. The molecule has 1 aliphatic heterocycles. The molecule has 0 spiro atoms. The SMILES string of the molecule is Cc1ccc(/C=C/C(=O)NC[C@@H]2CCN(S(C)(=O)=O)C2)o1. The number of amides is 1. The maximum absolute atomic E-state index is 11.7. The molecule has 6 nitrogen and oxygen atoms in total. The number of sulfonamides is 1. The van der Waals surface area contributed by atoms with E-state index in [1.165, 1.54) is 16.6 Å². The second-order valence-electron chi connectivity index (χ2n) is 5.30. The first-order chi connectivity index (χ1) is 9.84. The summed E-state index contributed by atoms with van der Waals surface area (Å²) < 4.78 is 29.6. The predicted octanol–water partition coefficient (Wildman–Crippen LogP) is 0.999. The second-order valence-corrected chi connectivity index (χ2v) is 7.29. The van der Waals surface area contributed by atoms with Crippen molar-refractivity contribution in [3.63, 3.8) is 0 Å². The van der Waals surface area contributed by atoms with Crippen molar-refractivity contribution in [1.29, 1.82) is 0 Å². The van der Waals surface area contributed by atoms with Gasteiger partial charge in [-0.3, -0.25) is 4.79 Å². The number of rotatable bonds is 5. The van der Waals surface area contributed by atoms with Crippen LogP contribution in [0.1, 0.15) is 17.9 Å². The van der Waals surface area contributed by atoms with E-state index < -0.39 is 10.0 Å². The van der Waals surface area contributed by atoms with Crippen LogP contribution in [-0.2, 0) is 14.8 Å². The zero-order valence-electron chi connectivity index (χ0n) is 12.2. The minimum atomic E-state index is -3.12. The van der Waals surface area contributed by atoms with Crippen LogP contribution in [0.3, 0.4) is 0 Å². The Balaban J connectivity index is 1.76. The molecule has 1 saturated heterocycles. The maximum Gasteiger partial charge on any atom is 0.244 e. The Labute approximate surface area is 124 Å². The van der Waals surface area contributed by atoms with Gasteiger partial charge >= 0.3 is 0 Å². The molecule has 1 atom stereocenters. The van der Waals surface area contributed by atoms with Crippen LogP contribution in [0.15, 0.2) is 22.6 Å². The van der Waals surface area contributed by atoms with Crippen LogP contribution >= 0.6 is 0 Å². The normalized spacial score (nSPS) is 20.2. The monoisotopic (exact) mass is 312 g/mol. The number of carbonyl (C=O) groups excluding carboxylic acids is 1. The summed E-state index contributed by atoms with van der Waals surface area (Å²) in [4.78, 5) is 11.7. The molecule has 1 amide bonds. The van der Waals surface area contributed by atoms with E-state index in [-0.39, 0.29) is 11.8 Å². The Bertz CT molecular complexity index is 633. The fourth-order valence-corrected chi connectivity index (χ4v) is 3.19. The van der Waals surface area contributed by atoms with Crippen molar-refractivity contribution in [3.8, 4) is 0 Å². The number of hydrogen-bond acceptors (Lipinski definition) is 4. The highest BCUT2D eigenvalue weighted by Gasteiger charge is 2.28. The van der Waals surface area contributed by atoms with Gasteiger partial charge in [-0.05, 0) is 37.5 Å². The molecule has 0 saturated carbocycles. The number of nitrogens with one attached hydrogen (secondary N) is 1. The first kappa shape index (κ1) is 15.8. The highest BCUT2D eigenvalue weighted by molar-refractivity contribution is 7.88. The fraction of sp³-hybridized carbons (Fsp3) is 0.500. The van der Waals surface area contributed by atoms with Crippen molar-refractivity contribution < 1.29 is 17.6 Å². The van der Waals surface area contributed by atoms with Gasteiger partial charge in [0.2, 0.25) is 15.9 Å². The van der Waals surface area contributed by atoms with Crippen LogP contribution in [0.25, 0.3) is 6.08 Å². The third kappa shape index (κ3) is 4.71. The Kier molecular flexibility index (Phi) is 4.84. The smallest absolute Gasteiger partial charge is 0.244 e. The van der Waals surface area contributed by atoms with E-state index in [2.05, 4.69) is 5.32 Å². The van der Waals surface area contributed by atoms with Crippen LogP contribution in [0.4, 0.5) is 0 Å². The second kappa shape index (κ2) is 6.44. The lowest BCUT2D eigenvalue weighted by Gasteiger charge is -2.13. The van der Waals surface area contributed by atoms with Crippen LogP contribution in [-0.4, -0.2) is 44.5 Å². The van der Waals surface area contributed by atoms with Gasteiger partial charge in [0, 0.05) is 25.7 Å². The predicted molar refractivity (Wildman–Crippen MR) is 80.0 cm³/mol. The van der Waals surface area contributed by atoms with E-state index >= 15 is 0 Å². The van der Waals surface area contributed by atoms with Crippen molar-refractivity contribution in [2.24, 2.45) is 5.92 Å². The van der Waals surface area contributed by atoms with Gasteiger partial charge in [0.15, 0.2) is 0 Å². The van der Waals surface area contributed by atoms with Gasteiger partial charge in [-0.1, -0.05) is 0 Å². The lowest BCUT2D eigenvalue weighted by atomic mass is 10.1. The first-order valence-corrected chi connectivity index (χ1v) is 8.67. The topological polar surface area (TPSA) is 79.6 Å². The highest BCUT2D eigenvalue weighted by atomic mass is 32.2. The molecule has 0 aromatic carbocycles. The molecular formula is C14H20N2O4S. The number of carbonyl (C=O) groups is 1. The summed E-state index contributed by atoms with van der Waals surface area (Å²) in [5.74, 6) is 1.39. The molecule has 21 heavy (non-hydrogen) atoms. The molecule has 0 unspecified atom stereocenters. The van der Waals surface area contributed by atoms with Crippen LogP contribution < -0.4 is 5.32 Å². The lowest BCUT2D eigenvalue weighted by Crippen LogP contribution is -2.31. The third-order valence-corrected chi connectivity index (χ3v) is 4.71. The number of nitrogens with zero attached hydrogens (tertiary/aromatic N) is 1. The summed E-state index contributed by atoms with van der Waals surface area (Å²) in [7, 11) is -3.12. The largest absolute Gasteiger partial charge is 0.462 e. The van der Waals surface area contributed by atoms with Gasteiger partial charge in [-0.15, -0.1) is 0 Å². The maximum atomic E-state index is 11.7. The number of aryl methyl sites for hydroxylation is 1. The van der Waals surface area contributed by atoms with E-state index in [9.17, 15) is 13.2 Å². The molecular weight excluding hydrogens is 292 g/mol. The molecule has 0 bridgehead atoms. The van der Waals surface area contributed by atoms with Crippen LogP contribution in [0.5, 0.6) is 0 Å². The average Bonchev–Trinajstić information content (AvgIpc) is 3.02. The average molecular weight is 312 g/mol. The third-order valence-electron chi connectivity index (χ3n) is 3.44. The molecule has 1 N–H and O–H groups in total. The molecule has 116 valence electrons. The molecule has 1 aliphatic rings. The summed E-state index contributed by atoms with van der Waals surface area (Å²) >= 11 is 0. The van der Waals surface area contributed by atoms with Gasteiger partial charge < -0.3 is 9.73 Å². The molecule has 1 aromatic heterocycles. The van der Waals surface area contributed by atoms with Crippen molar-refractivity contribution in [1.82, 2.24) is 9.62 Å². The molecule has 0 radical (unpaired) electrons. The van der Waals surface area contributed by atoms with E-state index in [0.717, 1.165) is 12.2 Å². The summed E-state index contributed by atoms with van der Waals surface area (Å²) in [6, 6.07) is 3.62. The minimum Gasteiger partial charge on any atom is -0.462 e. The van der Waals surface area contributed by atoms with E-state index in [4.69, 9.17) is 4.42 Å². The number of hydrogen-bond donors (Lipinski definition) is 1. The zero-order valence-corrected chi connectivity index (χ0v) is 13.0. The minimum absolute atomic E-state index is 0.169. The van der Waals surface area contributed by atoms with E-state index in [1.807, 2.05) is 13.0 Å². The van der Waals surface area contributed by atoms with Gasteiger partial charge in [-0.25, -0.2) is 12.7 Å². The van der Waals surface area contributed by atoms with Gasteiger partial charge in [0.1, 0.15) is 11.5 Å². The summed E-state index contributed by atoms with van der Waals surface area (Å²) in [6.45, 7) is 3.32. The summed E-state index contributed by atoms with van der Waals surface area (Å²) in [5.41, 5.74) is 0. The standard InChI is InChI=1S/C14H20N2O4S/c1-11-3-4-13(20-11)5-6-14(17)15-9-12-7-8-16(10-12)21(2,18)19/h3-6,12H,7-10H2,1-2H3,(H,15,17)/b6-5+/t12-/m0/s1. The van der Waals surface area contributed by atoms with Gasteiger partial charge in [0.25, 0.3) is 0 Å². The number of furan rings is 1. The van der Waals surface area contributed by atoms with E-state index in [1.54, 1.807) is 12.1 Å². The van der Waals surface area contributed by atoms with Crippen molar-refractivity contribution >= 4 is 22.0 Å². The summed E-state index contributed by atoms with van der Waals surface area (Å²) in [5, 5.41) is 2.78. The Morgan fingerprint density at radius 3 is 2.86 bits per heavy atom. The molecule has 2 heterocycles. The Morgan fingerprint density at radius 2 is 2.29 bits per heavy atom. The van der Waals surface area contributed by atoms with Crippen molar-refractivity contribution in [2.45, 2.75) is 13.3 Å². The summed E-state index contributed by atoms with van der Waals surface area (Å²) in [6.07, 6.45) is 5.01. The van der Waals surface area contributed by atoms with Crippen molar-refractivity contribution in [3.05, 3.63) is 29.7 Å². The highest BCUT2D eigenvalue weighted by Crippen LogP contribution is 2.17. The van der Waals surface area contributed by atoms with E-state index in [0.29, 0.717) is 25.4 Å². The zero-order chi connectivity index (χ0) is 15.5. The first-order valence-electron chi connectivity index (χ1n) is 6.82. The molecule has 7 heteroatoms. The fourth-order valence-electron chi connectivity index (χ4n) is 2.27. The van der Waals surface area contributed by atoms with Crippen molar-refractivity contribution in [2.75, 3.05) is 25.9 Å². The molecule has 1 aromatic rings.